The van der Waals surface area contributed by atoms with Crippen LogP contribution in [-0.4, -0.2) is 42.2 Å². The summed E-state index contributed by atoms with van der Waals surface area (Å²) in [6.07, 6.45) is -5.88. The number of nitrogens with zero attached hydrogens (tertiary/aromatic N) is 2. The molecule has 1 aliphatic rings. The summed E-state index contributed by atoms with van der Waals surface area (Å²) in [5.74, 6) is -0.942. The molecule has 0 radical (unpaired) electrons. The number of halogens is 3. The van der Waals surface area contributed by atoms with Crippen molar-refractivity contribution >= 4 is 29.4 Å². The van der Waals surface area contributed by atoms with Crippen LogP contribution in [0.5, 0.6) is 11.6 Å². The minimum absolute atomic E-state index is 0.0113. The van der Waals surface area contributed by atoms with Gasteiger partial charge in [0.1, 0.15) is 11.7 Å². The van der Waals surface area contributed by atoms with Crippen LogP contribution in [0, 0.1) is 0 Å². The van der Waals surface area contributed by atoms with E-state index in [9.17, 15) is 27.6 Å². The van der Waals surface area contributed by atoms with Crippen molar-refractivity contribution in [3.63, 3.8) is 0 Å². The van der Waals surface area contributed by atoms with E-state index in [0.29, 0.717) is 5.56 Å². The van der Waals surface area contributed by atoms with Gasteiger partial charge in [0.25, 0.3) is 0 Å². The smallest absolute Gasteiger partial charge is 0.433 e. The van der Waals surface area contributed by atoms with E-state index in [1.54, 1.807) is 13.8 Å². The molecular weight excluding hydrogens is 459 g/mol. The molecule has 4 amide bonds. The molecule has 0 bridgehead atoms. The molecule has 1 unspecified atom stereocenters. The van der Waals surface area contributed by atoms with Gasteiger partial charge in [-0.25, -0.2) is 14.6 Å². The lowest BCUT2D eigenvalue weighted by Gasteiger charge is -2.33. The van der Waals surface area contributed by atoms with Crippen molar-refractivity contribution in [3.8, 4) is 11.6 Å². The molecule has 2 heterocycles. The zero-order valence-corrected chi connectivity index (χ0v) is 18.4. The lowest BCUT2D eigenvalue weighted by atomic mass is 9.96. The number of benzene rings is 1. The Morgan fingerprint density at radius 1 is 1.26 bits per heavy atom. The molecule has 4 N–H and O–H groups in total. The van der Waals surface area contributed by atoms with Gasteiger partial charge in [-0.1, -0.05) is 6.07 Å². The summed E-state index contributed by atoms with van der Waals surface area (Å²) in [6, 6.07) is 4.09. The van der Waals surface area contributed by atoms with Crippen LogP contribution >= 0.6 is 0 Å². The van der Waals surface area contributed by atoms with Gasteiger partial charge in [0, 0.05) is 31.3 Å². The van der Waals surface area contributed by atoms with Crippen LogP contribution < -0.4 is 26.0 Å². The van der Waals surface area contributed by atoms with Crippen molar-refractivity contribution < 1.29 is 37.0 Å². The van der Waals surface area contributed by atoms with E-state index < -0.39 is 42.0 Å². The number of hydrogen-bond acceptors (Lipinski definition) is 6. The predicted molar refractivity (Wildman–Crippen MR) is 115 cm³/mol. The van der Waals surface area contributed by atoms with Crippen LogP contribution in [0.15, 0.2) is 30.3 Å². The first-order chi connectivity index (χ1) is 15.8. The number of pyridine rings is 1. The third kappa shape index (κ3) is 5.66. The van der Waals surface area contributed by atoms with Crippen LogP contribution in [0.3, 0.4) is 0 Å². The number of likely N-dealkylation sites (N-methyl/N-ethyl adjacent to an activating group) is 1. The van der Waals surface area contributed by atoms with Gasteiger partial charge < -0.3 is 25.4 Å². The SMILES string of the molecule is CC(C)OC(=O)Nc1cc2c(c(Oc3cccc(C(F)(F)F)n3)c1)N(C)C(=O)C(NC(N)=O)C2. The van der Waals surface area contributed by atoms with E-state index in [1.807, 2.05) is 0 Å². The number of nitrogens with one attached hydrogen (secondary N) is 2. The third-order valence-corrected chi connectivity index (χ3v) is 4.68. The second-order valence-corrected chi connectivity index (χ2v) is 7.68. The Labute approximate surface area is 192 Å². The van der Waals surface area contributed by atoms with Crippen molar-refractivity contribution in [1.82, 2.24) is 10.3 Å². The highest BCUT2D eigenvalue weighted by atomic mass is 19.4. The Bertz CT molecular complexity index is 1120. The van der Waals surface area contributed by atoms with Crippen LogP contribution in [0.2, 0.25) is 0 Å². The second kappa shape index (κ2) is 9.45. The molecule has 34 heavy (non-hydrogen) atoms. The average molecular weight is 481 g/mol. The largest absolute Gasteiger partial charge is 0.447 e. The minimum Gasteiger partial charge on any atom is -0.447 e. The summed E-state index contributed by atoms with van der Waals surface area (Å²) >= 11 is 0. The molecule has 0 spiro atoms. The zero-order chi connectivity index (χ0) is 25.2. The fourth-order valence-electron chi connectivity index (χ4n) is 3.39. The van der Waals surface area contributed by atoms with Gasteiger partial charge in [-0.2, -0.15) is 13.2 Å². The standard InChI is InChI=1S/C21H22F3N5O5/c1-10(2)33-20(32)26-12-7-11-8-13(27-19(25)31)18(30)29(3)17(11)14(9-12)34-16-6-4-5-15(28-16)21(22,23)24/h4-7,9-10,13H,8H2,1-3H3,(H,26,32)(H3,25,27,31). The first-order valence-electron chi connectivity index (χ1n) is 10.1. The maximum absolute atomic E-state index is 13.1. The number of ether oxygens (including phenoxy) is 2. The fourth-order valence-corrected chi connectivity index (χ4v) is 3.39. The van der Waals surface area contributed by atoms with E-state index in [1.165, 1.54) is 30.1 Å². The number of carbonyl (C=O) groups excluding carboxylic acids is 3. The second-order valence-electron chi connectivity index (χ2n) is 7.68. The van der Waals surface area contributed by atoms with Crippen molar-refractivity contribution in [2.45, 2.75) is 38.6 Å². The highest BCUT2D eigenvalue weighted by Crippen LogP contribution is 2.41. The van der Waals surface area contributed by atoms with Crippen LogP contribution in [0.1, 0.15) is 25.1 Å². The number of rotatable bonds is 5. The maximum atomic E-state index is 13.1. The lowest BCUT2D eigenvalue weighted by Crippen LogP contribution is -2.53. The molecule has 2 aromatic rings. The van der Waals surface area contributed by atoms with Crippen molar-refractivity contribution in [1.29, 1.82) is 0 Å². The highest BCUT2D eigenvalue weighted by Gasteiger charge is 2.35. The van der Waals surface area contributed by atoms with E-state index in [2.05, 4.69) is 15.6 Å². The molecule has 0 saturated carbocycles. The number of carbonyl (C=O) groups is 3. The Kier molecular flexibility index (Phi) is 6.84. The molecule has 1 atom stereocenters. The van der Waals surface area contributed by atoms with E-state index in [4.69, 9.17) is 15.2 Å². The van der Waals surface area contributed by atoms with Gasteiger partial charge in [0.2, 0.25) is 11.8 Å². The number of fused-ring (bicyclic) bond motifs is 1. The molecule has 1 aromatic carbocycles. The summed E-state index contributed by atoms with van der Waals surface area (Å²) < 4.78 is 49.9. The van der Waals surface area contributed by atoms with Gasteiger partial charge in [-0.15, -0.1) is 0 Å². The van der Waals surface area contributed by atoms with Crippen molar-refractivity contribution in [2.24, 2.45) is 5.73 Å². The number of aromatic nitrogens is 1. The number of anilines is 2. The Morgan fingerprint density at radius 2 is 1.97 bits per heavy atom. The maximum Gasteiger partial charge on any atom is 0.433 e. The Hall–Kier alpha value is -4.03. The summed E-state index contributed by atoms with van der Waals surface area (Å²) in [7, 11) is 1.41. The molecule has 13 heteroatoms. The van der Waals surface area contributed by atoms with Crippen molar-refractivity contribution in [2.75, 3.05) is 17.3 Å². The first kappa shape index (κ1) is 24.6. The predicted octanol–water partition coefficient (Wildman–Crippen LogP) is 3.41. The minimum atomic E-state index is -4.69. The van der Waals surface area contributed by atoms with Crippen LogP contribution in [-0.2, 0) is 22.1 Å². The average Bonchev–Trinajstić information content (AvgIpc) is 2.70. The lowest BCUT2D eigenvalue weighted by molar-refractivity contribution is -0.141. The molecule has 1 aliphatic heterocycles. The highest BCUT2D eigenvalue weighted by molar-refractivity contribution is 6.03. The van der Waals surface area contributed by atoms with E-state index in [-0.39, 0.29) is 29.4 Å². The number of urea groups is 1. The number of alkyl halides is 3. The third-order valence-electron chi connectivity index (χ3n) is 4.68. The quantitative estimate of drug-likeness (QED) is 0.599. The normalized spacial score (nSPS) is 15.6. The number of amides is 4. The summed E-state index contributed by atoms with van der Waals surface area (Å²) in [6.45, 7) is 3.31. The topological polar surface area (TPSA) is 136 Å². The van der Waals surface area contributed by atoms with E-state index in [0.717, 1.165) is 12.1 Å². The molecule has 3 rings (SSSR count). The van der Waals surface area contributed by atoms with Crippen molar-refractivity contribution in [3.05, 3.63) is 41.6 Å². The van der Waals surface area contributed by atoms with Crippen LogP contribution in [0.4, 0.5) is 34.1 Å². The molecule has 10 nitrogen and oxygen atoms in total. The van der Waals surface area contributed by atoms with Gasteiger partial charge in [0.15, 0.2) is 5.75 Å². The summed E-state index contributed by atoms with van der Waals surface area (Å²) in [5.41, 5.74) is 4.86. The number of primary amides is 1. The van der Waals surface area contributed by atoms with Crippen LogP contribution in [0.25, 0.3) is 0 Å². The van der Waals surface area contributed by atoms with Gasteiger partial charge >= 0.3 is 18.3 Å². The molecule has 0 fully saturated rings. The molecule has 0 aliphatic carbocycles. The zero-order valence-electron chi connectivity index (χ0n) is 18.4. The monoisotopic (exact) mass is 481 g/mol. The van der Waals surface area contributed by atoms with Gasteiger partial charge in [-0.05, 0) is 31.5 Å². The molecular formula is C21H22F3N5O5. The number of hydrogen-bond donors (Lipinski definition) is 3. The first-order valence-corrected chi connectivity index (χ1v) is 10.1. The number of nitrogens with two attached hydrogens (primary N) is 1. The van der Waals surface area contributed by atoms with Gasteiger partial charge in [-0.3, -0.25) is 10.1 Å². The molecule has 0 saturated heterocycles. The molecule has 1 aromatic heterocycles. The Morgan fingerprint density at radius 3 is 2.59 bits per heavy atom. The summed E-state index contributed by atoms with van der Waals surface area (Å²) in [4.78, 5) is 40.8. The molecule has 182 valence electrons. The fraction of sp³-hybridized carbons (Fsp3) is 0.333. The van der Waals surface area contributed by atoms with Gasteiger partial charge in [0.05, 0.1) is 11.8 Å². The Balaban J connectivity index is 2.05. The summed E-state index contributed by atoms with van der Waals surface area (Å²) in [5, 5.41) is 4.85. The van der Waals surface area contributed by atoms with E-state index >= 15 is 0 Å².